The Balaban J connectivity index is 2.11. The van der Waals surface area contributed by atoms with Gasteiger partial charge in [0.05, 0.1) is 6.10 Å². The molecule has 3 heteroatoms. The average Bonchev–Trinajstić information content (AvgIpc) is 2.37. The minimum absolute atomic E-state index is 0.194. The Labute approximate surface area is 108 Å². The molecule has 2 rings (SSSR count). The van der Waals surface area contributed by atoms with E-state index >= 15 is 0 Å². The SMILES string of the molecule is CCC(c1ccc(F)cc1)N1CCC(C)C(O)C1. The quantitative estimate of drug-likeness (QED) is 0.892. The molecule has 18 heavy (non-hydrogen) atoms. The molecule has 1 aromatic rings. The predicted molar refractivity (Wildman–Crippen MR) is 70.8 cm³/mol. The second-order valence-corrected chi connectivity index (χ2v) is 5.30. The lowest BCUT2D eigenvalue weighted by molar-refractivity contribution is 0.00864. The van der Waals surface area contributed by atoms with Crippen molar-refractivity contribution in [2.45, 2.75) is 38.8 Å². The summed E-state index contributed by atoms with van der Waals surface area (Å²) in [4.78, 5) is 2.32. The predicted octanol–water partition coefficient (Wildman–Crippen LogP) is 2.98. The lowest BCUT2D eigenvalue weighted by atomic mass is 9.92. The van der Waals surface area contributed by atoms with Crippen molar-refractivity contribution in [2.24, 2.45) is 5.92 Å². The third kappa shape index (κ3) is 2.90. The highest BCUT2D eigenvalue weighted by Gasteiger charge is 2.28. The van der Waals surface area contributed by atoms with Gasteiger partial charge in [0, 0.05) is 12.6 Å². The fraction of sp³-hybridized carbons (Fsp3) is 0.600. The topological polar surface area (TPSA) is 23.5 Å². The zero-order valence-electron chi connectivity index (χ0n) is 11.1. The van der Waals surface area contributed by atoms with Crippen LogP contribution < -0.4 is 0 Å². The summed E-state index contributed by atoms with van der Waals surface area (Å²) in [5, 5.41) is 9.98. The van der Waals surface area contributed by atoms with E-state index < -0.39 is 0 Å². The highest BCUT2D eigenvalue weighted by Crippen LogP contribution is 2.29. The Bertz CT molecular complexity index is 379. The molecular weight excluding hydrogens is 229 g/mol. The molecule has 100 valence electrons. The van der Waals surface area contributed by atoms with Gasteiger partial charge < -0.3 is 5.11 Å². The molecule has 3 atom stereocenters. The summed E-state index contributed by atoms with van der Waals surface area (Å²) < 4.78 is 13.0. The number of halogens is 1. The lowest BCUT2D eigenvalue weighted by Gasteiger charge is -2.39. The van der Waals surface area contributed by atoms with Crippen molar-refractivity contribution in [1.29, 1.82) is 0 Å². The molecular formula is C15H22FNO. The van der Waals surface area contributed by atoms with Crippen molar-refractivity contribution in [3.63, 3.8) is 0 Å². The van der Waals surface area contributed by atoms with Crippen LogP contribution in [-0.2, 0) is 0 Å². The van der Waals surface area contributed by atoms with Gasteiger partial charge in [0.15, 0.2) is 0 Å². The average molecular weight is 251 g/mol. The number of benzene rings is 1. The maximum absolute atomic E-state index is 13.0. The van der Waals surface area contributed by atoms with Crippen LogP contribution in [0.25, 0.3) is 0 Å². The first-order chi connectivity index (χ1) is 8.61. The number of rotatable bonds is 3. The first-order valence-electron chi connectivity index (χ1n) is 6.79. The van der Waals surface area contributed by atoms with Gasteiger partial charge in [0.25, 0.3) is 0 Å². The second kappa shape index (κ2) is 5.81. The summed E-state index contributed by atoms with van der Waals surface area (Å²) in [7, 11) is 0. The van der Waals surface area contributed by atoms with Crippen LogP contribution in [0.3, 0.4) is 0 Å². The number of likely N-dealkylation sites (tertiary alicyclic amines) is 1. The van der Waals surface area contributed by atoms with Gasteiger partial charge in [-0.3, -0.25) is 4.90 Å². The van der Waals surface area contributed by atoms with E-state index in [4.69, 9.17) is 0 Å². The smallest absolute Gasteiger partial charge is 0.123 e. The number of β-amino-alcohol motifs (C(OH)–C–C–N with tert-alkyl or cyclic N) is 1. The minimum Gasteiger partial charge on any atom is -0.392 e. The maximum Gasteiger partial charge on any atom is 0.123 e. The van der Waals surface area contributed by atoms with Crippen molar-refractivity contribution < 1.29 is 9.50 Å². The Morgan fingerprint density at radius 1 is 1.39 bits per heavy atom. The lowest BCUT2D eigenvalue weighted by Crippen LogP contribution is -2.44. The Kier molecular flexibility index (Phi) is 4.36. The standard InChI is InChI=1S/C15H22FNO/c1-3-14(12-4-6-13(16)7-5-12)17-9-8-11(2)15(18)10-17/h4-7,11,14-15,18H,3,8-10H2,1-2H3. The molecule has 0 aromatic heterocycles. The van der Waals surface area contributed by atoms with E-state index in [0.29, 0.717) is 5.92 Å². The van der Waals surface area contributed by atoms with Gasteiger partial charge >= 0.3 is 0 Å². The molecule has 1 aliphatic rings. The van der Waals surface area contributed by atoms with E-state index in [1.165, 1.54) is 12.1 Å². The van der Waals surface area contributed by atoms with Crippen LogP contribution >= 0.6 is 0 Å². The number of aliphatic hydroxyl groups excluding tert-OH is 1. The zero-order valence-corrected chi connectivity index (χ0v) is 11.1. The van der Waals surface area contributed by atoms with Crippen LogP contribution in [0, 0.1) is 11.7 Å². The summed E-state index contributed by atoms with van der Waals surface area (Å²) >= 11 is 0. The number of nitrogens with zero attached hydrogens (tertiary/aromatic N) is 1. The van der Waals surface area contributed by atoms with Crippen LogP contribution in [0.15, 0.2) is 24.3 Å². The molecule has 0 amide bonds. The molecule has 0 bridgehead atoms. The van der Waals surface area contributed by atoms with E-state index in [2.05, 4.69) is 18.7 Å². The van der Waals surface area contributed by atoms with Gasteiger partial charge in [-0.05, 0) is 43.0 Å². The molecule has 1 heterocycles. The van der Waals surface area contributed by atoms with Crippen molar-refractivity contribution in [3.8, 4) is 0 Å². The Hall–Kier alpha value is -0.930. The first-order valence-corrected chi connectivity index (χ1v) is 6.79. The van der Waals surface area contributed by atoms with Crippen molar-refractivity contribution >= 4 is 0 Å². The number of piperidine rings is 1. The van der Waals surface area contributed by atoms with Gasteiger partial charge in [-0.15, -0.1) is 0 Å². The number of aliphatic hydroxyl groups is 1. The first kappa shape index (κ1) is 13.5. The van der Waals surface area contributed by atoms with Crippen LogP contribution in [-0.4, -0.2) is 29.2 Å². The molecule has 1 aliphatic heterocycles. The molecule has 2 nitrogen and oxygen atoms in total. The highest BCUT2D eigenvalue weighted by molar-refractivity contribution is 5.20. The van der Waals surface area contributed by atoms with E-state index in [0.717, 1.165) is 31.5 Å². The third-order valence-corrected chi connectivity index (χ3v) is 4.03. The third-order valence-electron chi connectivity index (χ3n) is 4.03. The Morgan fingerprint density at radius 3 is 2.61 bits per heavy atom. The van der Waals surface area contributed by atoms with E-state index in [-0.39, 0.29) is 18.0 Å². The van der Waals surface area contributed by atoms with Crippen LogP contribution in [0.1, 0.15) is 38.3 Å². The molecule has 1 N–H and O–H groups in total. The fourth-order valence-electron chi connectivity index (χ4n) is 2.75. The molecule has 0 radical (unpaired) electrons. The summed E-state index contributed by atoms with van der Waals surface area (Å²) in [5.74, 6) is 0.188. The molecule has 1 fully saturated rings. The second-order valence-electron chi connectivity index (χ2n) is 5.30. The van der Waals surface area contributed by atoms with Gasteiger partial charge in [-0.25, -0.2) is 4.39 Å². The molecule has 1 aromatic carbocycles. The monoisotopic (exact) mass is 251 g/mol. The minimum atomic E-state index is -0.242. The highest BCUT2D eigenvalue weighted by atomic mass is 19.1. The van der Waals surface area contributed by atoms with Crippen LogP contribution in [0.2, 0.25) is 0 Å². The molecule has 1 saturated heterocycles. The maximum atomic E-state index is 13.0. The van der Waals surface area contributed by atoms with Crippen molar-refractivity contribution in [1.82, 2.24) is 4.90 Å². The van der Waals surface area contributed by atoms with Gasteiger partial charge in [-0.2, -0.15) is 0 Å². The largest absolute Gasteiger partial charge is 0.392 e. The van der Waals surface area contributed by atoms with Crippen LogP contribution in [0.4, 0.5) is 4.39 Å². The number of hydrogen-bond acceptors (Lipinski definition) is 2. The summed E-state index contributed by atoms with van der Waals surface area (Å²) in [6.07, 6.45) is 1.76. The molecule has 0 spiro atoms. The van der Waals surface area contributed by atoms with Gasteiger partial charge in [0.1, 0.15) is 5.82 Å². The van der Waals surface area contributed by atoms with Crippen molar-refractivity contribution in [3.05, 3.63) is 35.6 Å². The number of hydrogen-bond donors (Lipinski definition) is 1. The fourth-order valence-corrected chi connectivity index (χ4v) is 2.75. The van der Waals surface area contributed by atoms with Gasteiger partial charge in [0.2, 0.25) is 0 Å². The van der Waals surface area contributed by atoms with E-state index in [9.17, 15) is 9.50 Å². The normalized spacial score (nSPS) is 27.1. The summed E-state index contributed by atoms with van der Waals surface area (Å²) in [6, 6.07) is 7.02. The van der Waals surface area contributed by atoms with Crippen molar-refractivity contribution in [2.75, 3.05) is 13.1 Å². The Morgan fingerprint density at radius 2 is 2.06 bits per heavy atom. The molecule has 0 saturated carbocycles. The van der Waals surface area contributed by atoms with E-state index in [1.54, 1.807) is 0 Å². The van der Waals surface area contributed by atoms with Gasteiger partial charge in [-0.1, -0.05) is 26.0 Å². The van der Waals surface area contributed by atoms with E-state index in [1.807, 2.05) is 12.1 Å². The summed E-state index contributed by atoms with van der Waals surface area (Å²) in [5.41, 5.74) is 1.14. The molecule has 0 aliphatic carbocycles. The zero-order chi connectivity index (χ0) is 13.1. The molecule has 3 unspecified atom stereocenters. The summed E-state index contributed by atoms with van der Waals surface area (Å²) in [6.45, 7) is 5.96. The van der Waals surface area contributed by atoms with Crippen LogP contribution in [0.5, 0.6) is 0 Å².